The molecule has 7 heteroatoms. The predicted molar refractivity (Wildman–Crippen MR) is 114 cm³/mol. The minimum Gasteiger partial charge on any atom is -0.748 e. The van der Waals surface area contributed by atoms with Gasteiger partial charge < -0.3 is 4.55 Å². The molecule has 0 aromatic rings. The lowest BCUT2D eigenvalue weighted by atomic mass is 10.0. The SMILES string of the molecule is CCCCCCCCS(=O)(=O)[O-].O=C(C[S+]1CCSCC1)C1CCCC1. The third kappa shape index (κ3) is 12.6. The van der Waals surface area contributed by atoms with Crippen molar-refractivity contribution in [1.82, 2.24) is 0 Å². The Hall–Kier alpha value is 0.280. The van der Waals surface area contributed by atoms with E-state index in [1.807, 2.05) is 0 Å². The van der Waals surface area contributed by atoms with Crippen molar-refractivity contribution in [3.8, 4) is 0 Å². The fourth-order valence-electron chi connectivity index (χ4n) is 3.33. The first-order valence-electron chi connectivity index (χ1n) is 10.1. The lowest BCUT2D eigenvalue weighted by molar-refractivity contribution is -0.120. The smallest absolute Gasteiger partial charge is 0.184 e. The molecule has 0 unspecified atom stereocenters. The number of rotatable bonds is 10. The highest BCUT2D eigenvalue weighted by molar-refractivity contribution is 8.05. The first-order chi connectivity index (χ1) is 12.4. The molecule has 4 nitrogen and oxygen atoms in total. The molecule has 1 saturated heterocycles. The molecule has 0 spiro atoms. The second-order valence-electron chi connectivity index (χ2n) is 7.25. The maximum Gasteiger partial charge on any atom is 0.184 e. The van der Waals surface area contributed by atoms with E-state index < -0.39 is 10.1 Å². The number of carbonyl (C=O) groups excluding carboxylic acids is 1. The van der Waals surface area contributed by atoms with E-state index in [0.717, 1.165) is 25.0 Å². The largest absolute Gasteiger partial charge is 0.748 e. The minimum atomic E-state index is -3.97. The Morgan fingerprint density at radius 2 is 1.62 bits per heavy atom. The summed E-state index contributed by atoms with van der Waals surface area (Å²) >= 11 is 2.05. The van der Waals surface area contributed by atoms with Crippen LogP contribution in [0.2, 0.25) is 0 Å². The predicted octanol–water partition coefficient (Wildman–Crippen LogP) is 4.00. The van der Waals surface area contributed by atoms with Crippen LogP contribution in [0.5, 0.6) is 0 Å². The molecule has 0 radical (unpaired) electrons. The van der Waals surface area contributed by atoms with E-state index in [9.17, 15) is 17.8 Å². The van der Waals surface area contributed by atoms with Gasteiger partial charge in [-0.05, 0) is 30.2 Å². The molecule has 2 rings (SSSR count). The van der Waals surface area contributed by atoms with Crippen molar-refractivity contribution in [1.29, 1.82) is 0 Å². The van der Waals surface area contributed by atoms with Crippen molar-refractivity contribution in [3.63, 3.8) is 0 Å². The van der Waals surface area contributed by atoms with Gasteiger partial charge in [0.1, 0.15) is 11.5 Å². The van der Waals surface area contributed by atoms with Gasteiger partial charge in [-0.15, -0.1) is 0 Å². The summed E-state index contributed by atoms with van der Waals surface area (Å²) in [5.74, 6) is 6.98. The Bertz CT molecular complexity index is 467. The summed E-state index contributed by atoms with van der Waals surface area (Å²) in [6.45, 7) is 2.13. The molecule has 1 saturated carbocycles. The monoisotopic (exact) mass is 424 g/mol. The van der Waals surface area contributed by atoms with E-state index in [2.05, 4.69) is 18.7 Å². The van der Waals surface area contributed by atoms with Crippen LogP contribution in [0.3, 0.4) is 0 Å². The summed E-state index contributed by atoms with van der Waals surface area (Å²) in [5.41, 5.74) is 0. The first kappa shape index (κ1) is 24.3. The number of Topliss-reactive ketones (excluding diaryl/α,β-unsaturated/α-hetero) is 1. The molecule has 0 N–H and O–H groups in total. The number of hydrogen-bond acceptors (Lipinski definition) is 5. The summed E-state index contributed by atoms with van der Waals surface area (Å²) in [6, 6.07) is 0. The van der Waals surface area contributed by atoms with Gasteiger partial charge in [0.05, 0.1) is 10.1 Å². The Morgan fingerprint density at radius 1 is 1.04 bits per heavy atom. The maximum absolute atomic E-state index is 11.9. The van der Waals surface area contributed by atoms with Gasteiger partial charge in [-0.25, -0.2) is 8.42 Å². The van der Waals surface area contributed by atoms with Crippen LogP contribution in [-0.4, -0.2) is 53.3 Å². The fourth-order valence-corrected chi connectivity index (χ4v) is 8.05. The zero-order valence-corrected chi connectivity index (χ0v) is 18.7. The summed E-state index contributed by atoms with van der Waals surface area (Å²) in [4.78, 5) is 11.9. The van der Waals surface area contributed by atoms with E-state index in [1.165, 1.54) is 61.5 Å². The van der Waals surface area contributed by atoms with Gasteiger partial charge in [0.2, 0.25) is 0 Å². The molecule has 0 aromatic carbocycles. The molecule has 0 amide bonds. The zero-order valence-electron chi connectivity index (χ0n) is 16.2. The van der Waals surface area contributed by atoms with Gasteiger partial charge in [0.15, 0.2) is 11.5 Å². The van der Waals surface area contributed by atoms with Crippen LogP contribution < -0.4 is 0 Å². The van der Waals surface area contributed by atoms with Crippen molar-refractivity contribution in [2.24, 2.45) is 5.92 Å². The van der Waals surface area contributed by atoms with Gasteiger partial charge in [-0.1, -0.05) is 51.9 Å². The van der Waals surface area contributed by atoms with Crippen molar-refractivity contribution in [2.45, 2.75) is 71.1 Å². The zero-order chi connectivity index (χ0) is 19.3. The molecule has 0 aromatic heterocycles. The van der Waals surface area contributed by atoms with Crippen molar-refractivity contribution in [2.75, 3.05) is 34.5 Å². The van der Waals surface area contributed by atoms with Crippen molar-refractivity contribution in [3.05, 3.63) is 0 Å². The molecule has 2 fully saturated rings. The lowest BCUT2D eigenvalue weighted by Crippen LogP contribution is -2.30. The minimum absolute atomic E-state index is 0.195. The van der Waals surface area contributed by atoms with Crippen molar-refractivity contribution < 1.29 is 17.8 Å². The van der Waals surface area contributed by atoms with Crippen LogP contribution in [0, 0.1) is 5.92 Å². The van der Waals surface area contributed by atoms with E-state index in [4.69, 9.17) is 0 Å². The fraction of sp³-hybridized carbons (Fsp3) is 0.947. The maximum atomic E-state index is 11.9. The molecular weight excluding hydrogens is 388 g/mol. The number of hydrogen-bond donors (Lipinski definition) is 0. The molecule has 1 aliphatic carbocycles. The molecule has 2 aliphatic rings. The van der Waals surface area contributed by atoms with Gasteiger partial charge >= 0.3 is 0 Å². The lowest BCUT2D eigenvalue weighted by Gasteiger charge is -2.14. The van der Waals surface area contributed by atoms with E-state index in [0.29, 0.717) is 29.0 Å². The standard InChI is InChI=1S/C11H19OS2.C8H18O3S/c12-11(10-3-1-2-4-10)9-14-7-5-13-6-8-14;1-2-3-4-5-6-7-8-12(9,10)11/h10H,1-9H2;2-8H2,1H3,(H,9,10,11)/q+1;/p-1. The Labute approximate surface area is 167 Å². The van der Waals surface area contributed by atoms with Crippen LogP contribution >= 0.6 is 11.8 Å². The van der Waals surface area contributed by atoms with E-state index in [1.54, 1.807) is 0 Å². The highest BCUT2D eigenvalue weighted by Gasteiger charge is 2.30. The van der Waals surface area contributed by atoms with Crippen LogP contribution in [0.1, 0.15) is 71.1 Å². The number of thioether (sulfide) groups is 1. The Morgan fingerprint density at radius 3 is 2.19 bits per heavy atom. The molecule has 1 aliphatic heterocycles. The molecule has 26 heavy (non-hydrogen) atoms. The summed E-state index contributed by atoms with van der Waals surface area (Å²) in [7, 11) is -3.51. The quantitative estimate of drug-likeness (QED) is 0.301. The average molecular weight is 425 g/mol. The van der Waals surface area contributed by atoms with Gasteiger partial charge in [0, 0.05) is 23.2 Å². The van der Waals surface area contributed by atoms with E-state index >= 15 is 0 Å². The van der Waals surface area contributed by atoms with Gasteiger partial charge in [0.25, 0.3) is 0 Å². The number of unbranched alkanes of at least 4 members (excludes halogenated alkanes) is 5. The number of ketones is 1. The van der Waals surface area contributed by atoms with Crippen LogP contribution in [-0.2, 0) is 25.8 Å². The van der Waals surface area contributed by atoms with Gasteiger partial charge in [-0.3, -0.25) is 4.79 Å². The van der Waals surface area contributed by atoms with Crippen molar-refractivity contribution >= 4 is 38.6 Å². The Kier molecular flexibility index (Phi) is 13.4. The summed E-state index contributed by atoms with van der Waals surface area (Å²) in [5, 5.41) is 0. The third-order valence-corrected chi connectivity index (χ3v) is 9.48. The third-order valence-electron chi connectivity index (χ3n) is 4.94. The van der Waals surface area contributed by atoms with Crippen LogP contribution in [0.4, 0.5) is 0 Å². The second kappa shape index (κ2) is 14.3. The molecule has 0 atom stereocenters. The second-order valence-corrected chi connectivity index (χ2v) is 12.3. The highest BCUT2D eigenvalue weighted by atomic mass is 32.2. The van der Waals surface area contributed by atoms with Crippen LogP contribution in [0.25, 0.3) is 0 Å². The number of carbonyl (C=O) groups is 1. The summed E-state index contributed by atoms with van der Waals surface area (Å²) < 4.78 is 30.5. The molecular formula is C19H36O4S3. The topological polar surface area (TPSA) is 74.3 Å². The first-order valence-corrected chi connectivity index (χ1v) is 14.6. The molecule has 154 valence electrons. The highest BCUT2D eigenvalue weighted by Crippen LogP contribution is 2.26. The summed E-state index contributed by atoms with van der Waals surface area (Å²) in [6.07, 6.45) is 10.9. The van der Waals surface area contributed by atoms with Crippen LogP contribution in [0.15, 0.2) is 0 Å². The Balaban J connectivity index is 0.000000265. The van der Waals surface area contributed by atoms with E-state index in [-0.39, 0.29) is 5.75 Å². The molecule has 1 heterocycles. The normalized spacial score (nSPS) is 19.2. The average Bonchev–Trinajstić information content (AvgIpc) is 3.13. The van der Waals surface area contributed by atoms with Gasteiger partial charge in [-0.2, -0.15) is 11.8 Å². The molecule has 0 bridgehead atoms.